The van der Waals surface area contributed by atoms with Crippen LogP contribution in [0.1, 0.15) is 6.42 Å². The van der Waals surface area contributed by atoms with Gasteiger partial charge in [0, 0.05) is 19.8 Å². The number of nitrogens with zero attached hydrogens (tertiary/aromatic N) is 2. The highest BCUT2D eigenvalue weighted by Gasteiger charge is 2.60. The summed E-state index contributed by atoms with van der Waals surface area (Å²) in [6, 6.07) is 0. The molecule has 0 aromatic carbocycles. The monoisotopic (exact) mass is 336 g/mol. The molecule has 0 unspecified atom stereocenters. The highest BCUT2D eigenvalue weighted by Crippen LogP contribution is 2.69. The number of aliphatic hydroxyl groups is 1. The first kappa shape index (κ1) is 18.8. The lowest BCUT2D eigenvalue weighted by molar-refractivity contribution is 0.134. The average molecular weight is 337 g/mol. The van der Waals surface area contributed by atoms with Gasteiger partial charge in [0.05, 0.1) is 6.42 Å². The zero-order valence-corrected chi connectivity index (χ0v) is 12.4. The summed E-state index contributed by atoms with van der Waals surface area (Å²) in [7, 11) is -9.37. The van der Waals surface area contributed by atoms with Gasteiger partial charge in [-0.25, -0.2) is 4.99 Å². The molecule has 0 saturated heterocycles. The molecule has 1 rings (SSSR count). The standard InChI is InChI=1S/C7H14N2O7P2.ClH/c1-9-4-2-3-8-6(9)5-7(10,17(11,12)13)18(14,15)16;/h2-3,10H,4-5H2,1H3,(H2,11,12,13)(H2,14,15,16);1H. The van der Waals surface area contributed by atoms with Gasteiger partial charge in [0.2, 0.25) is 0 Å². The van der Waals surface area contributed by atoms with Crippen LogP contribution in [-0.2, 0) is 9.13 Å². The van der Waals surface area contributed by atoms with E-state index in [1.807, 2.05) is 0 Å². The summed E-state index contributed by atoms with van der Waals surface area (Å²) in [5, 5.41) is 6.24. The highest BCUT2D eigenvalue weighted by atomic mass is 35.5. The van der Waals surface area contributed by atoms with Crippen LogP contribution in [0.25, 0.3) is 0 Å². The Bertz CT molecular complexity index is 460. The van der Waals surface area contributed by atoms with E-state index in [0.29, 0.717) is 6.54 Å². The topological polar surface area (TPSA) is 151 Å². The average Bonchev–Trinajstić information content (AvgIpc) is 2.18. The molecule has 9 nitrogen and oxygen atoms in total. The fraction of sp³-hybridized carbons (Fsp3) is 0.571. The Morgan fingerprint density at radius 2 is 1.79 bits per heavy atom. The molecule has 0 atom stereocenters. The number of rotatable bonds is 4. The summed E-state index contributed by atoms with van der Waals surface area (Å²) in [4.78, 5) is 41.0. The number of halogens is 1. The largest absolute Gasteiger partial charge is 0.369 e. The van der Waals surface area contributed by atoms with E-state index < -0.39 is 26.7 Å². The zero-order chi connectivity index (χ0) is 14.2. The summed E-state index contributed by atoms with van der Waals surface area (Å²) in [6.45, 7) is 0.358. The Labute approximate surface area is 115 Å². The molecule has 0 fully saturated rings. The van der Waals surface area contributed by atoms with Crippen LogP contribution in [0, 0.1) is 0 Å². The molecule has 0 amide bonds. The number of aliphatic imine (C=N–C) groups is 1. The molecule has 12 heteroatoms. The molecule has 5 N–H and O–H groups in total. The normalized spacial score (nSPS) is 16.9. The van der Waals surface area contributed by atoms with Gasteiger partial charge in [0.15, 0.2) is 0 Å². The second kappa shape index (κ2) is 6.03. The predicted molar refractivity (Wildman–Crippen MR) is 70.1 cm³/mol. The maximum Gasteiger partial charge on any atom is 0.369 e. The van der Waals surface area contributed by atoms with Gasteiger partial charge in [-0.2, -0.15) is 0 Å². The van der Waals surface area contributed by atoms with Crippen molar-refractivity contribution in [3.05, 3.63) is 12.3 Å². The van der Waals surface area contributed by atoms with Crippen LogP contribution < -0.4 is 0 Å². The van der Waals surface area contributed by atoms with E-state index in [4.69, 9.17) is 19.6 Å². The minimum Gasteiger partial charge on any atom is -0.367 e. The molecule has 0 aromatic heterocycles. The van der Waals surface area contributed by atoms with Gasteiger partial charge in [-0.05, 0) is 6.08 Å². The summed E-state index contributed by atoms with van der Waals surface area (Å²) in [5.41, 5.74) is 0. The van der Waals surface area contributed by atoms with Gasteiger partial charge < -0.3 is 29.6 Å². The maximum atomic E-state index is 11.1. The highest BCUT2D eigenvalue weighted by molar-refractivity contribution is 7.72. The SMILES string of the molecule is CN1CC=CN=C1CC(O)(P(=O)(O)O)P(=O)(O)O.Cl. The summed E-state index contributed by atoms with van der Waals surface area (Å²) in [6.07, 6.45) is 2.02. The van der Waals surface area contributed by atoms with Gasteiger partial charge in [-0.1, -0.05) is 0 Å². The first-order chi connectivity index (χ1) is 7.99. The molecule has 1 aliphatic rings. The molecule has 0 aromatic rings. The van der Waals surface area contributed by atoms with E-state index in [1.54, 1.807) is 6.08 Å². The third-order valence-corrected chi connectivity index (χ3v) is 6.22. The van der Waals surface area contributed by atoms with E-state index in [1.165, 1.54) is 18.1 Å². The molecular formula is C7H15ClN2O7P2. The Balaban J connectivity index is 0.00000324. The van der Waals surface area contributed by atoms with Crippen molar-refractivity contribution in [2.24, 2.45) is 4.99 Å². The van der Waals surface area contributed by atoms with Crippen LogP contribution >= 0.6 is 27.6 Å². The van der Waals surface area contributed by atoms with E-state index in [0.717, 1.165) is 0 Å². The molecule has 112 valence electrons. The lowest BCUT2D eigenvalue weighted by Crippen LogP contribution is -2.38. The van der Waals surface area contributed by atoms with Crippen LogP contribution in [0.15, 0.2) is 17.3 Å². The van der Waals surface area contributed by atoms with E-state index in [9.17, 15) is 14.2 Å². The van der Waals surface area contributed by atoms with Gasteiger partial charge in [-0.15, -0.1) is 12.4 Å². The Kier molecular flexibility index (Phi) is 5.96. The molecule has 1 aliphatic heterocycles. The molecule has 0 bridgehead atoms. The van der Waals surface area contributed by atoms with Crippen molar-refractivity contribution < 1.29 is 33.8 Å². The maximum absolute atomic E-state index is 11.1. The molecule has 19 heavy (non-hydrogen) atoms. The van der Waals surface area contributed by atoms with E-state index >= 15 is 0 Å². The van der Waals surface area contributed by atoms with Gasteiger partial charge in [0.1, 0.15) is 5.84 Å². The summed E-state index contributed by atoms with van der Waals surface area (Å²) in [5.74, 6) is -0.0216. The van der Waals surface area contributed by atoms with Gasteiger partial charge in [-0.3, -0.25) is 9.13 Å². The minimum absolute atomic E-state index is 0. The molecule has 0 saturated carbocycles. The Hall–Kier alpha value is -0.240. The van der Waals surface area contributed by atoms with Crippen molar-refractivity contribution in [2.75, 3.05) is 13.6 Å². The fourth-order valence-corrected chi connectivity index (χ4v) is 3.37. The Morgan fingerprint density at radius 3 is 2.16 bits per heavy atom. The van der Waals surface area contributed by atoms with Gasteiger partial charge in [0.25, 0.3) is 5.08 Å². The molecule has 0 radical (unpaired) electrons. The lowest BCUT2D eigenvalue weighted by Gasteiger charge is -2.32. The van der Waals surface area contributed by atoms with Crippen LogP contribution in [-0.4, -0.2) is 54.1 Å². The number of likely N-dealkylation sites (N-methyl/N-ethyl adjacent to an activating group) is 1. The van der Waals surface area contributed by atoms with Crippen molar-refractivity contribution in [1.29, 1.82) is 0 Å². The zero-order valence-electron chi connectivity index (χ0n) is 9.82. The van der Waals surface area contributed by atoms with E-state index in [-0.39, 0.29) is 18.2 Å². The smallest absolute Gasteiger partial charge is 0.367 e. The van der Waals surface area contributed by atoms with Crippen molar-refractivity contribution >= 4 is 33.4 Å². The van der Waals surface area contributed by atoms with Crippen molar-refractivity contribution in [1.82, 2.24) is 4.90 Å². The Morgan fingerprint density at radius 1 is 1.32 bits per heavy atom. The quantitative estimate of drug-likeness (QED) is 0.437. The van der Waals surface area contributed by atoms with Crippen molar-refractivity contribution in [3.63, 3.8) is 0 Å². The fourth-order valence-electron chi connectivity index (χ4n) is 1.32. The van der Waals surface area contributed by atoms with Gasteiger partial charge >= 0.3 is 15.2 Å². The molecule has 1 heterocycles. The van der Waals surface area contributed by atoms with Crippen molar-refractivity contribution in [3.8, 4) is 0 Å². The molecule has 0 spiro atoms. The summed E-state index contributed by atoms with van der Waals surface area (Å²) >= 11 is 0. The third-order valence-electron chi connectivity index (χ3n) is 2.48. The number of amidine groups is 1. The van der Waals surface area contributed by atoms with Crippen LogP contribution in [0.5, 0.6) is 0 Å². The number of hydrogen-bond donors (Lipinski definition) is 5. The lowest BCUT2D eigenvalue weighted by atomic mass is 10.3. The predicted octanol–water partition coefficient (Wildman–Crippen LogP) is -0.343. The summed E-state index contributed by atoms with van der Waals surface area (Å²) < 4.78 is 22.3. The molecular weight excluding hydrogens is 321 g/mol. The van der Waals surface area contributed by atoms with Crippen LogP contribution in [0.3, 0.4) is 0 Å². The first-order valence-corrected chi connectivity index (χ1v) is 7.98. The van der Waals surface area contributed by atoms with Crippen molar-refractivity contribution in [2.45, 2.75) is 11.5 Å². The molecule has 0 aliphatic carbocycles. The minimum atomic E-state index is -5.44. The second-order valence-electron chi connectivity index (χ2n) is 3.85. The number of hydrogen-bond acceptors (Lipinski definition) is 5. The van der Waals surface area contributed by atoms with Crippen LogP contribution in [0.4, 0.5) is 0 Å². The first-order valence-electron chi connectivity index (χ1n) is 4.75. The van der Waals surface area contributed by atoms with E-state index in [2.05, 4.69) is 4.99 Å². The van der Waals surface area contributed by atoms with Crippen LogP contribution in [0.2, 0.25) is 0 Å². The third kappa shape index (κ3) is 3.87. The second-order valence-corrected chi connectivity index (χ2v) is 7.86.